The third-order valence-corrected chi connectivity index (χ3v) is 3.43. The molecule has 22 heavy (non-hydrogen) atoms. The van der Waals surface area contributed by atoms with Crippen molar-refractivity contribution in [3.63, 3.8) is 0 Å². The molecule has 0 aliphatic carbocycles. The van der Waals surface area contributed by atoms with Gasteiger partial charge in [-0.1, -0.05) is 22.0 Å². The fourth-order valence-corrected chi connectivity index (χ4v) is 2.11. The molecule has 0 radical (unpaired) electrons. The lowest BCUT2D eigenvalue weighted by Gasteiger charge is -2.07. The molecule has 0 saturated heterocycles. The molecule has 5 heteroatoms. The van der Waals surface area contributed by atoms with Gasteiger partial charge in [-0.15, -0.1) is 0 Å². The number of carbonyl (C=O) groups is 1. The van der Waals surface area contributed by atoms with E-state index in [0.717, 1.165) is 10.2 Å². The van der Waals surface area contributed by atoms with Crippen LogP contribution in [0.2, 0.25) is 0 Å². The van der Waals surface area contributed by atoms with E-state index in [1.807, 2.05) is 30.3 Å². The van der Waals surface area contributed by atoms with Gasteiger partial charge in [-0.25, -0.2) is 0 Å². The first-order valence-electron chi connectivity index (χ1n) is 6.86. The van der Waals surface area contributed by atoms with E-state index >= 15 is 0 Å². The predicted molar refractivity (Wildman–Crippen MR) is 88.7 cm³/mol. The van der Waals surface area contributed by atoms with Crippen LogP contribution in [0.15, 0.2) is 53.0 Å². The van der Waals surface area contributed by atoms with Gasteiger partial charge < -0.3 is 10.1 Å². The lowest BCUT2D eigenvalue weighted by atomic mass is 10.2. The maximum absolute atomic E-state index is 11.8. The molecule has 0 heterocycles. The molecule has 2 aromatic rings. The smallest absolute Gasteiger partial charge is 0.224 e. The minimum absolute atomic E-state index is 0.0884. The summed E-state index contributed by atoms with van der Waals surface area (Å²) in [6.07, 6.45) is 0.993. The predicted octanol–water partition coefficient (Wildman–Crippen LogP) is 4.12. The number of hydrogen-bond acceptors (Lipinski definition) is 3. The molecule has 2 aromatic carbocycles. The highest BCUT2D eigenvalue weighted by atomic mass is 79.9. The SMILES string of the molecule is N#Cc1cccc(NC(=O)CCCOc2ccc(Br)cc2)c1. The lowest BCUT2D eigenvalue weighted by molar-refractivity contribution is -0.116. The summed E-state index contributed by atoms with van der Waals surface area (Å²) in [5.74, 6) is 0.694. The van der Waals surface area contributed by atoms with Crippen molar-refractivity contribution in [1.82, 2.24) is 0 Å². The first-order valence-corrected chi connectivity index (χ1v) is 7.65. The Morgan fingerprint density at radius 2 is 2.00 bits per heavy atom. The molecule has 0 spiro atoms. The van der Waals surface area contributed by atoms with E-state index in [9.17, 15) is 4.79 Å². The van der Waals surface area contributed by atoms with Gasteiger partial charge in [0, 0.05) is 16.6 Å². The van der Waals surface area contributed by atoms with Crippen LogP contribution in [0.25, 0.3) is 0 Å². The Kier molecular flexibility index (Phi) is 5.99. The van der Waals surface area contributed by atoms with Crippen molar-refractivity contribution in [2.24, 2.45) is 0 Å². The molecule has 0 atom stereocenters. The number of ether oxygens (including phenoxy) is 1. The van der Waals surface area contributed by atoms with Crippen LogP contribution in [-0.2, 0) is 4.79 Å². The Hall–Kier alpha value is -2.32. The molecule has 0 bridgehead atoms. The molecule has 0 fully saturated rings. The van der Waals surface area contributed by atoms with Crippen molar-refractivity contribution in [3.05, 3.63) is 58.6 Å². The average Bonchev–Trinajstić information content (AvgIpc) is 2.53. The van der Waals surface area contributed by atoms with Gasteiger partial charge >= 0.3 is 0 Å². The van der Waals surface area contributed by atoms with Gasteiger partial charge in [0.25, 0.3) is 0 Å². The highest BCUT2D eigenvalue weighted by Crippen LogP contribution is 2.16. The summed E-state index contributed by atoms with van der Waals surface area (Å²) in [5.41, 5.74) is 1.16. The maximum Gasteiger partial charge on any atom is 0.224 e. The van der Waals surface area contributed by atoms with E-state index < -0.39 is 0 Å². The fourth-order valence-electron chi connectivity index (χ4n) is 1.84. The molecule has 1 N–H and O–H groups in total. The minimum Gasteiger partial charge on any atom is -0.494 e. The quantitative estimate of drug-likeness (QED) is 0.790. The van der Waals surface area contributed by atoms with E-state index in [-0.39, 0.29) is 5.91 Å². The van der Waals surface area contributed by atoms with E-state index in [1.165, 1.54) is 0 Å². The number of hydrogen-bond donors (Lipinski definition) is 1. The number of nitriles is 1. The molecule has 0 saturated carbocycles. The lowest BCUT2D eigenvalue weighted by Crippen LogP contribution is -2.12. The van der Waals surface area contributed by atoms with Crippen LogP contribution in [0.5, 0.6) is 5.75 Å². The van der Waals surface area contributed by atoms with Gasteiger partial charge in [-0.3, -0.25) is 4.79 Å². The summed E-state index contributed by atoms with van der Waals surface area (Å²) in [5, 5.41) is 11.6. The molecule has 2 rings (SSSR count). The fraction of sp³-hybridized carbons (Fsp3) is 0.176. The zero-order valence-electron chi connectivity index (χ0n) is 11.9. The maximum atomic E-state index is 11.8. The molecule has 0 aliphatic rings. The number of nitrogens with one attached hydrogen (secondary N) is 1. The number of nitrogens with zero attached hydrogens (tertiary/aromatic N) is 1. The monoisotopic (exact) mass is 358 g/mol. The second kappa shape index (κ2) is 8.20. The van der Waals surface area contributed by atoms with Crippen molar-refractivity contribution in [2.75, 3.05) is 11.9 Å². The molecular weight excluding hydrogens is 344 g/mol. The van der Waals surface area contributed by atoms with Crippen LogP contribution in [0.4, 0.5) is 5.69 Å². The Morgan fingerprint density at radius 1 is 1.23 bits per heavy atom. The van der Waals surface area contributed by atoms with Crippen LogP contribution in [0.3, 0.4) is 0 Å². The van der Waals surface area contributed by atoms with Crippen LogP contribution >= 0.6 is 15.9 Å². The molecule has 0 aromatic heterocycles. The van der Waals surface area contributed by atoms with Crippen molar-refractivity contribution in [3.8, 4) is 11.8 Å². The standard InChI is InChI=1S/C17H15BrN2O2/c18-14-6-8-16(9-7-14)22-10-2-5-17(21)20-15-4-1-3-13(11-15)12-19/h1,3-4,6-9,11H,2,5,10H2,(H,20,21). The third kappa shape index (κ3) is 5.23. The van der Waals surface area contributed by atoms with E-state index in [4.69, 9.17) is 10.00 Å². The van der Waals surface area contributed by atoms with E-state index in [0.29, 0.717) is 30.7 Å². The summed E-state index contributed by atoms with van der Waals surface area (Å²) in [6.45, 7) is 0.479. The highest BCUT2D eigenvalue weighted by molar-refractivity contribution is 9.10. The zero-order valence-corrected chi connectivity index (χ0v) is 13.5. The van der Waals surface area contributed by atoms with Gasteiger partial charge in [0.2, 0.25) is 5.91 Å². The Bertz CT molecular complexity index is 678. The molecular formula is C17H15BrN2O2. The number of rotatable bonds is 6. The molecule has 0 aliphatic heterocycles. The van der Waals surface area contributed by atoms with Gasteiger partial charge in [-0.2, -0.15) is 5.26 Å². The van der Waals surface area contributed by atoms with E-state index in [1.54, 1.807) is 24.3 Å². The van der Waals surface area contributed by atoms with Crippen molar-refractivity contribution >= 4 is 27.5 Å². The second-order valence-electron chi connectivity index (χ2n) is 4.65. The van der Waals surface area contributed by atoms with Crippen LogP contribution < -0.4 is 10.1 Å². The van der Waals surface area contributed by atoms with Gasteiger partial charge in [0.15, 0.2) is 0 Å². The summed E-state index contributed by atoms with van der Waals surface area (Å²) >= 11 is 3.36. The van der Waals surface area contributed by atoms with E-state index in [2.05, 4.69) is 21.2 Å². The van der Waals surface area contributed by atoms with Crippen LogP contribution in [-0.4, -0.2) is 12.5 Å². The van der Waals surface area contributed by atoms with Gasteiger partial charge in [0.1, 0.15) is 5.75 Å². The number of benzene rings is 2. The van der Waals surface area contributed by atoms with Gasteiger partial charge in [-0.05, 0) is 48.9 Å². The van der Waals surface area contributed by atoms with Crippen molar-refractivity contribution in [2.45, 2.75) is 12.8 Å². The summed E-state index contributed by atoms with van der Waals surface area (Å²) in [4.78, 5) is 11.8. The molecule has 0 unspecified atom stereocenters. The first-order chi connectivity index (χ1) is 10.7. The highest BCUT2D eigenvalue weighted by Gasteiger charge is 2.03. The number of halogens is 1. The first kappa shape index (κ1) is 16.1. The molecule has 112 valence electrons. The Morgan fingerprint density at radius 3 is 2.73 bits per heavy atom. The third-order valence-electron chi connectivity index (χ3n) is 2.91. The zero-order chi connectivity index (χ0) is 15.8. The summed E-state index contributed by atoms with van der Waals surface area (Å²) in [6, 6.07) is 16.4. The minimum atomic E-state index is -0.0884. The number of carbonyl (C=O) groups excluding carboxylic acids is 1. The molecule has 1 amide bonds. The van der Waals surface area contributed by atoms with Gasteiger partial charge in [0.05, 0.1) is 18.2 Å². The van der Waals surface area contributed by atoms with Crippen LogP contribution in [0.1, 0.15) is 18.4 Å². The topological polar surface area (TPSA) is 62.1 Å². The Balaban J connectivity index is 1.71. The largest absolute Gasteiger partial charge is 0.494 e. The normalized spacial score (nSPS) is 9.82. The number of amides is 1. The summed E-state index contributed by atoms with van der Waals surface area (Å²) < 4.78 is 6.55. The number of anilines is 1. The molecule has 4 nitrogen and oxygen atoms in total. The van der Waals surface area contributed by atoms with Crippen molar-refractivity contribution in [1.29, 1.82) is 5.26 Å². The second-order valence-corrected chi connectivity index (χ2v) is 5.56. The van der Waals surface area contributed by atoms with Crippen LogP contribution in [0, 0.1) is 11.3 Å². The van der Waals surface area contributed by atoms with Crippen molar-refractivity contribution < 1.29 is 9.53 Å². The summed E-state index contributed by atoms with van der Waals surface area (Å²) in [7, 11) is 0. The Labute approximate surface area is 137 Å². The average molecular weight is 359 g/mol.